The van der Waals surface area contributed by atoms with Gasteiger partial charge in [0.15, 0.2) is 0 Å². The van der Waals surface area contributed by atoms with Crippen LogP contribution >= 0.6 is 0 Å². The summed E-state index contributed by atoms with van der Waals surface area (Å²) in [5.41, 5.74) is 2.23. The summed E-state index contributed by atoms with van der Waals surface area (Å²) in [5.74, 6) is 2.08. The minimum absolute atomic E-state index is 0.576. The van der Waals surface area contributed by atoms with Gasteiger partial charge >= 0.3 is 0 Å². The second kappa shape index (κ2) is 6.39. The lowest BCUT2D eigenvalue weighted by Crippen LogP contribution is -2.37. The predicted octanol–water partition coefficient (Wildman–Crippen LogP) is 3.37. The summed E-state index contributed by atoms with van der Waals surface area (Å²) >= 11 is 0. The van der Waals surface area contributed by atoms with Gasteiger partial charge in [-0.25, -0.2) is 0 Å². The highest BCUT2D eigenvalue weighted by molar-refractivity contribution is 5.58. The Morgan fingerprint density at radius 3 is 2.86 bits per heavy atom. The molecule has 1 heterocycles. The molecule has 2 aromatic rings. The van der Waals surface area contributed by atoms with E-state index in [0.29, 0.717) is 17.8 Å². The fourth-order valence-corrected chi connectivity index (χ4v) is 3.33. The molecule has 4 nitrogen and oxygen atoms in total. The molecular formula is C17H23N3O. The van der Waals surface area contributed by atoms with Gasteiger partial charge in [-0.15, -0.1) is 0 Å². The molecule has 1 N–H and O–H groups in total. The lowest BCUT2D eigenvalue weighted by atomic mass is 9.82. The lowest BCUT2D eigenvalue weighted by Gasteiger charge is -2.30. The predicted molar refractivity (Wildman–Crippen MR) is 83.0 cm³/mol. The van der Waals surface area contributed by atoms with E-state index < -0.39 is 0 Å². The molecule has 2 unspecified atom stereocenters. The molecule has 1 aromatic carbocycles. The van der Waals surface area contributed by atoms with Crippen LogP contribution in [0.1, 0.15) is 37.1 Å². The third-order valence-electron chi connectivity index (χ3n) is 4.57. The maximum atomic E-state index is 5.48. The number of hydrogen-bond donors (Lipinski definition) is 1. The van der Waals surface area contributed by atoms with E-state index in [1.807, 2.05) is 18.2 Å². The second-order valence-electron chi connectivity index (χ2n) is 5.97. The quantitative estimate of drug-likeness (QED) is 0.935. The van der Waals surface area contributed by atoms with Crippen molar-refractivity contribution in [3.05, 3.63) is 35.7 Å². The first kappa shape index (κ1) is 14.3. The van der Waals surface area contributed by atoms with Gasteiger partial charge in [0.05, 0.1) is 0 Å². The van der Waals surface area contributed by atoms with Crippen molar-refractivity contribution >= 4 is 0 Å². The zero-order valence-electron chi connectivity index (χ0n) is 12.8. The zero-order chi connectivity index (χ0) is 14.7. The molecule has 0 spiro atoms. The van der Waals surface area contributed by atoms with Crippen molar-refractivity contribution in [2.24, 2.45) is 5.92 Å². The normalized spacial score (nSPS) is 22.4. The molecule has 2 atom stereocenters. The van der Waals surface area contributed by atoms with Gasteiger partial charge < -0.3 is 9.84 Å². The Labute approximate surface area is 126 Å². The van der Waals surface area contributed by atoms with E-state index in [4.69, 9.17) is 4.52 Å². The number of nitrogens with one attached hydrogen (secondary N) is 1. The van der Waals surface area contributed by atoms with E-state index in [1.54, 1.807) is 0 Å². The largest absolute Gasteiger partial charge is 0.339 e. The number of aromatic nitrogens is 2. The smallest absolute Gasteiger partial charge is 0.227 e. The third-order valence-corrected chi connectivity index (χ3v) is 4.57. The van der Waals surface area contributed by atoms with E-state index in [0.717, 1.165) is 17.9 Å². The third kappa shape index (κ3) is 3.16. The average molecular weight is 285 g/mol. The van der Waals surface area contributed by atoms with Gasteiger partial charge in [0.1, 0.15) is 0 Å². The average Bonchev–Trinajstić information content (AvgIpc) is 2.96. The molecule has 0 aliphatic heterocycles. The van der Waals surface area contributed by atoms with Gasteiger partial charge in [0.2, 0.25) is 11.7 Å². The number of rotatable bonds is 4. The van der Waals surface area contributed by atoms with E-state index in [-0.39, 0.29) is 0 Å². The number of benzene rings is 1. The van der Waals surface area contributed by atoms with Gasteiger partial charge in [-0.05, 0) is 38.3 Å². The maximum Gasteiger partial charge on any atom is 0.227 e. The van der Waals surface area contributed by atoms with Crippen LogP contribution in [0.15, 0.2) is 28.8 Å². The van der Waals surface area contributed by atoms with Crippen LogP contribution in [-0.2, 0) is 6.42 Å². The van der Waals surface area contributed by atoms with Gasteiger partial charge in [-0.3, -0.25) is 0 Å². The highest BCUT2D eigenvalue weighted by Gasteiger charge is 2.26. The molecule has 1 aliphatic rings. The molecule has 0 bridgehead atoms. The van der Waals surface area contributed by atoms with Crippen LogP contribution in [0.4, 0.5) is 0 Å². The summed E-state index contributed by atoms with van der Waals surface area (Å²) in [5, 5.41) is 7.59. The molecule has 1 fully saturated rings. The molecule has 4 heteroatoms. The van der Waals surface area contributed by atoms with Crippen molar-refractivity contribution in [2.45, 2.75) is 45.1 Å². The molecule has 0 radical (unpaired) electrons. The van der Waals surface area contributed by atoms with Crippen LogP contribution in [0, 0.1) is 12.8 Å². The monoisotopic (exact) mass is 285 g/mol. The fourth-order valence-electron chi connectivity index (χ4n) is 3.33. The van der Waals surface area contributed by atoms with Crippen molar-refractivity contribution in [3.8, 4) is 11.4 Å². The molecular weight excluding hydrogens is 262 g/mol. The van der Waals surface area contributed by atoms with Crippen molar-refractivity contribution in [2.75, 3.05) is 7.05 Å². The minimum Gasteiger partial charge on any atom is -0.339 e. The van der Waals surface area contributed by atoms with Gasteiger partial charge in [0, 0.05) is 18.0 Å². The highest BCUT2D eigenvalue weighted by Crippen LogP contribution is 2.28. The fraction of sp³-hybridized carbons (Fsp3) is 0.529. The van der Waals surface area contributed by atoms with Gasteiger partial charge in [-0.1, -0.05) is 42.3 Å². The molecule has 0 amide bonds. The first-order chi connectivity index (χ1) is 10.3. The van der Waals surface area contributed by atoms with Crippen LogP contribution in [0.2, 0.25) is 0 Å². The van der Waals surface area contributed by atoms with Gasteiger partial charge in [-0.2, -0.15) is 4.98 Å². The first-order valence-corrected chi connectivity index (χ1v) is 7.84. The Morgan fingerprint density at radius 1 is 1.24 bits per heavy atom. The van der Waals surface area contributed by atoms with Crippen LogP contribution in [0.3, 0.4) is 0 Å². The van der Waals surface area contributed by atoms with E-state index >= 15 is 0 Å². The van der Waals surface area contributed by atoms with Crippen molar-refractivity contribution in [1.82, 2.24) is 15.5 Å². The van der Waals surface area contributed by atoms with Crippen LogP contribution in [0.25, 0.3) is 11.4 Å². The standard InChI is InChI=1S/C17H23N3O/c1-12-7-3-5-9-14(12)17-19-16(21-20-17)11-13-8-4-6-10-15(13)18-2/h3,5,7,9,13,15,18H,4,6,8,10-11H2,1-2H3. The van der Waals surface area contributed by atoms with E-state index in [2.05, 4.69) is 35.5 Å². The SMILES string of the molecule is CNC1CCCCC1Cc1nc(-c2ccccc2C)no1. The lowest BCUT2D eigenvalue weighted by molar-refractivity contribution is 0.248. The summed E-state index contributed by atoms with van der Waals surface area (Å²) in [4.78, 5) is 4.60. The first-order valence-electron chi connectivity index (χ1n) is 7.84. The molecule has 3 rings (SSSR count). The number of nitrogens with zero attached hydrogens (tertiary/aromatic N) is 2. The molecule has 112 valence electrons. The Kier molecular flexibility index (Phi) is 4.34. The second-order valence-corrected chi connectivity index (χ2v) is 5.97. The molecule has 21 heavy (non-hydrogen) atoms. The Balaban J connectivity index is 1.75. The van der Waals surface area contributed by atoms with E-state index in [1.165, 1.54) is 31.2 Å². The minimum atomic E-state index is 0.576. The number of hydrogen-bond acceptors (Lipinski definition) is 4. The van der Waals surface area contributed by atoms with Crippen molar-refractivity contribution in [3.63, 3.8) is 0 Å². The Hall–Kier alpha value is -1.68. The summed E-state index contributed by atoms with van der Waals surface area (Å²) in [7, 11) is 2.05. The summed E-state index contributed by atoms with van der Waals surface area (Å²) < 4.78 is 5.48. The molecule has 0 saturated heterocycles. The molecule has 1 saturated carbocycles. The highest BCUT2D eigenvalue weighted by atomic mass is 16.5. The van der Waals surface area contributed by atoms with Crippen molar-refractivity contribution < 1.29 is 4.52 Å². The summed E-state index contributed by atoms with van der Waals surface area (Å²) in [6.45, 7) is 2.07. The van der Waals surface area contributed by atoms with Gasteiger partial charge in [0.25, 0.3) is 0 Å². The molecule has 1 aliphatic carbocycles. The van der Waals surface area contributed by atoms with Crippen LogP contribution in [0.5, 0.6) is 0 Å². The maximum absolute atomic E-state index is 5.48. The topological polar surface area (TPSA) is 51.0 Å². The summed E-state index contributed by atoms with van der Waals surface area (Å²) in [6.07, 6.45) is 6.00. The number of aryl methyl sites for hydroxylation is 1. The summed E-state index contributed by atoms with van der Waals surface area (Å²) in [6, 6.07) is 8.73. The Morgan fingerprint density at radius 2 is 2.05 bits per heavy atom. The Bertz CT molecular complexity index is 593. The van der Waals surface area contributed by atoms with Crippen LogP contribution in [-0.4, -0.2) is 23.2 Å². The zero-order valence-corrected chi connectivity index (χ0v) is 12.8. The molecule has 1 aromatic heterocycles. The van der Waals surface area contributed by atoms with Crippen molar-refractivity contribution in [1.29, 1.82) is 0 Å². The van der Waals surface area contributed by atoms with Crippen LogP contribution < -0.4 is 5.32 Å². The van der Waals surface area contributed by atoms with E-state index in [9.17, 15) is 0 Å².